The maximum atomic E-state index is 8.07. The fourth-order valence-electron chi connectivity index (χ4n) is 2.80. The smallest absolute Gasteiger partial charge is 0.173 e. The van der Waals surface area contributed by atoms with Gasteiger partial charge in [0.1, 0.15) is 11.3 Å². The van der Waals surface area contributed by atoms with Crippen molar-refractivity contribution in [3.8, 4) is 11.4 Å². The number of H-pyrrole nitrogens is 1. The number of benzene rings is 1. The highest BCUT2D eigenvalue weighted by Gasteiger charge is 2.12. The highest BCUT2D eigenvalue weighted by molar-refractivity contribution is 6.30. The van der Waals surface area contributed by atoms with Gasteiger partial charge in [0.05, 0.1) is 17.9 Å². The molecular weight excluding hydrogens is 336 g/mol. The van der Waals surface area contributed by atoms with Crippen LogP contribution in [0.4, 0.5) is 0 Å². The number of aromatic nitrogens is 5. The van der Waals surface area contributed by atoms with E-state index in [4.69, 9.17) is 22.0 Å². The Morgan fingerprint density at radius 1 is 1.24 bits per heavy atom. The molecule has 0 saturated carbocycles. The molecule has 0 aliphatic rings. The Hall–Kier alpha value is -2.99. The van der Waals surface area contributed by atoms with Gasteiger partial charge in [0.25, 0.3) is 0 Å². The zero-order valence-corrected chi connectivity index (χ0v) is 14.2. The van der Waals surface area contributed by atoms with Crippen LogP contribution in [0.15, 0.2) is 49.1 Å². The van der Waals surface area contributed by atoms with E-state index in [1.807, 2.05) is 41.8 Å². The summed E-state index contributed by atoms with van der Waals surface area (Å²) in [6.45, 7) is 2.56. The second-order valence-electron chi connectivity index (χ2n) is 5.83. The van der Waals surface area contributed by atoms with Crippen molar-refractivity contribution in [2.75, 3.05) is 0 Å². The molecule has 0 radical (unpaired) electrons. The highest BCUT2D eigenvalue weighted by atomic mass is 35.5. The second kappa shape index (κ2) is 6.14. The lowest BCUT2D eigenvalue weighted by Gasteiger charge is -2.06. The van der Waals surface area contributed by atoms with Crippen molar-refractivity contribution in [1.82, 2.24) is 24.5 Å². The minimum atomic E-state index is 0.169. The van der Waals surface area contributed by atoms with Crippen LogP contribution in [-0.4, -0.2) is 24.5 Å². The number of fused-ring (bicyclic) bond motifs is 1. The Labute approximate surface area is 148 Å². The van der Waals surface area contributed by atoms with Crippen molar-refractivity contribution in [3.63, 3.8) is 0 Å². The Morgan fingerprint density at radius 3 is 2.88 bits per heavy atom. The lowest BCUT2D eigenvalue weighted by Crippen LogP contribution is -2.13. The molecule has 0 atom stereocenters. The monoisotopic (exact) mass is 350 g/mol. The number of nitrogens with zero attached hydrogens (tertiary/aromatic N) is 4. The molecule has 124 valence electrons. The molecule has 7 heteroatoms. The minimum Gasteiger partial charge on any atom is -0.334 e. The van der Waals surface area contributed by atoms with Crippen LogP contribution in [0.25, 0.3) is 22.6 Å². The third-order valence-corrected chi connectivity index (χ3v) is 4.24. The highest BCUT2D eigenvalue weighted by Crippen LogP contribution is 2.22. The maximum Gasteiger partial charge on any atom is 0.173 e. The van der Waals surface area contributed by atoms with Crippen LogP contribution in [-0.2, 0) is 6.54 Å². The largest absolute Gasteiger partial charge is 0.334 e. The summed E-state index contributed by atoms with van der Waals surface area (Å²) in [5.41, 5.74) is 4.52. The van der Waals surface area contributed by atoms with Gasteiger partial charge in [-0.1, -0.05) is 35.9 Å². The number of aryl methyl sites for hydroxylation is 1. The molecule has 0 amide bonds. The molecular formula is C18H15ClN6. The van der Waals surface area contributed by atoms with Gasteiger partial charge in [-0.15, -0.1) is 0 Å². The van der Waals surface area contributed by atoms with Gasteiger partial charge in [0.15, 0.2) is 11.1 Å². The van der Waals surface area contributed by atoms with E-state index in [0.717, 1.165) is 22.5 Å². The first kappa shape index (κ1) is 15.5. The van der Waals surface area contributed by atoms with E-state index in [1.165, 1.54) is 0 Å². The molecule has 0 spiro atoms. The van der Waals surface area contributed by atoms with Gasteiger partial charge < -0.3 is 9.55 Å². The molecule has 2 N–H and O–H groups in total. The van der Waals surface area contributed by atoms with E-state index in [2.05, 4.69) is 15.0 Å². The van der Waals surface area contributed by atoms with Gasteiger partial charge in [-0.05, 0) is 24.1 Å². The number of rotatable bonds is 3. The molecule has 25 heavy (non-hydrogen) atoms. The van der Waals surface area contributed by atoms with Crippen molar-refractivity contribution < 1.29 is 0 Å². The molecule has 4 rings (SSSR count). The van der Waals surface area contributed by atoms with Crippen LogP contribution in [0.2, 0.25) is 5.02 Å². The van der Waals surface area contributed by atoms with Gasteiger partial charge in [-0.25, -0.2) is 9.97 Å². The molecule has 0 aliphatic carbocycles. The molecule has 0 fully saturated rings. The lowest BCUT2D eigenvalue weighted by atomic mass is 10.1. The minimum absolute atomic E-state index is 0.169. The van der Waals surface area contributed by atoms with Crippen molar-refractivity contribution in [1.29, 1.82) is 5.41 Å². The molecule has 3 heterocycles. The number of halogens is 1. The second-order valence-corrected chi connectivity index (χ2v) is 6.27. The molecule has 4 aromatic rings. The first-order valence-corrected chi connectivity index (χ1v) is 8.15. The number of hydrogen-bond acceptors (Lipinski definition) is 4. The molecule has 3 aromatic heterocycles. The third-order valence-electron chi connectivity index (χ3n) is 4.03. The van der Waals surface area contributed by atoms with Crippen LogP contribution in [0, 0.1) is 12.3 Å². The van der Waals surface area contributed by atoms with E-state index >= 15 is 0 Å². The van der Waals surface area contributed by atoms with Crippen molar-refractivity contribution in [2.45, 2.75) is 13.5 Å². The molecule has 0 unspecified atom stereocenters. The Morgan fingerprint density at radius 2 is 2.08 bits per heavy atom. The summed E-state index contributed by atoms with van der Waals surface area (Å²) in [6, 6.07) is 9.87. The fraction of sp³-hybridized carbons (Fsp3) is 0.111. The fourth-order valence-corrected chi connectivity index (χ4v) is 3.00. The maximum absolute atomic E-state index is 8.07. The van der Waals surface area contributed by atoms with Gasteiger partial charge in [-0.2, -0.15) is 0 Å². The predicted octanol–water partition coefficient (Wildman–Crippen LogP) is 3.31. The van der Waals surface area contributed by atoms with Gasteiger partial charge in [0, 0.05) is 18.0 Å². The Balaban J connectivity index is 1.85. The zero-order valence-electron chi connectivity index (χ0n) is 13.5. The standard InChI is InChI=1S/C18H15ClN6/c1-11-4-2-3-5-14(11)17-23-15-16(20)22-10-25(18(15)24-17)9-12-6-13(19)8-21-7-12/h2-8,10,20H,9H2,1H3,(H,23,24). The van der Waals surface area contributed by atoms with E-state index in [0.29, 0.717) is 22.7 Å². The van der Waals surface area contributed by atoms with Crippen LogP contribution in [0.3, 0.4) is 0 Å². The molecule has 1 aromatic carbocycles. The number of aromatic amines is 1. The van der Waals surface area contributed by atoms with Crippen molar-refractivity contribution in [2.24, 2.45) is 0 Å². The first-order chi connectivity index (χ1) is 12.1. The van der Waals surface area contributed by atoms with Gasteiger partial charge in [0.2, 0.25) is 0 Å². The van der Waals surface area contributed by atoms with Gasteiger partial charge >= 0.3 is 0 Å². The number of imidazole rings is 1. The lowest BCUT2D eigenvalue weighted by molar-refractivity contribution is 0.780. The van der Waals surface area contributed by atoms with E-state index < -0.39 is 0 Å². The normalized spacial score (nSPS) is 11.1. The predicted molar refractivity (Wildman–Crippen MR) is 96.3 cm³/mol. The molecule has 0 aliphatic heterocycles. The van der Waals surface area contributed by atoms with Crippen molar-refractivity contribution in [3.05, 3.63) is 70.7 Å². The number of hydrogen-bond donors (Lipinski definition) is 2. The summed E-state index contributed by atoms with van der Waals surface area (Å²) >= 11 is 6.02. The number of nitrogens with one attached hydrogen (secondary N) is 2. The summed E-state index contributed by atoms with van der Waals surface area (Å²) in [5.74, 6) is 0.729. The van der Waals surface area contributed by atoms with Crippen molar-refractivity contribution >= 4 is 22.8 Å². The third kappa shape index (κ3) is 2.92. The summed E-state index contributed by atoms with van der Waals surface area (Å²) in [7, 11) is 0. The Bertz CT molecular complexity index is 1130. The first-order valence-electron chi connectivity index (χ1n) is 7.77. The van der Waals surface area contributed by atoms with E-state index in [9.17, 15) is 0 Å². The van der Waals surface area contributed by atoms with Crippen LogP contribution < -0.4 is 5.49 Å². The number of pyridine rings is 1. The van der Waals surface area contributed by atoms with E-state index in [1.54, 1.807) is 18.7 Å². The molecule has 0 saturated heterocycles. The van der Waals surface area contributed by atoms with Crippen LogP contribution in [0.1, 0.15) is 11.1 Å². The van der Waals surface area contributed by atoms with Gasteiger partial charge in [-0.3, -0.25) is 10.4 Å². The average Bonchev–Trinajstić information content (AvgIpc) is 3.04. The topological polar surface area (TPSA) is 83.2 Å². The summed E-state index contributed by atoms with van der Waals surface area (Å²) in [4.78, 5) is 16.2. The zero-order chi connectivity index (χ0) is 17.4. The SMILES string of the molecule is Cc1ccccc1-c1nc2c([nH]1)c(=N)ncn2Cc1cncc(Cl)c1. The summed E-state index contributed by atoms with van der Waals surface area (Å²) in [6.07, 6.45) is 4.98. The average molecular weight is 351 g/mol. The molecule has 0 bridgehead atoms. The Kier molecular flexibility index (Phi) is 3.82. The van der Waals surface area contributed by atoms with Crippen LogP contribution in [0.5, 0.6) is 0 Å². The summed E-state index contributed by atoms with van der Waals surface area (Å²) < 4.78 is 1.89. The molecule has 6 nitrogen and oxygen atoms in total. The van der Waals surface area contributed by atoms with E-state index in [-0.39, 0.29) is 5.49 Å². The quantitative estimate of drug-likeness (QED) is 0.594. The summed E-state index contributed by atoms with van der Waals surface area (Å²) in [5, 5.41) is 8.66. The van der Waals surface area contributed by atoms with Crippen LogP contribution >= 0.6 is 11.6 Å².